The van der Waals surface area contributed by atoms with Gasteiger partial charge in [0.05, 0.1) is 31.5 Å². The molecule has 13 nitrogen and oxygen atoms in total. The number of aliphatic hydroxyl groups excluding tert-OH is 2. The highest BCUT2D eigenvalue weighted by Gasteiger charge is 2.65. The van der Waals surface area contributed by atoms with E-state index in [1.54, 1.807) is 24.1 Å². The van der Waals surface area contributed by atoms with Gasteiger partial charge >= 0.3 is 12.2 Å². The first kappa shape index (κ1) is 52.0. The molecule has 0 bridgehead atoms. The van der Waals surface area contributed by atoms with Crippen molar-refractivity contribution < 1.29 is 48.3 Å². The third kappa shape index (κ3) is 14.3. The Labute approximate surface area is 399 Å². The van der Waals surface area contributed by atoms with Crippen LogP contribution in [0.15, 0.2) is 78.0 Å². The van der Waals surface area contributed by atoms with Crippen LogP contribution < -0.4 is 14.8 Å². The fourth-order valence-electron chi connectivity index (χ4n) is 10.6. The third-order valence-corrected chi connectivity index (χ3v) is 14.0. The first-order valence-electron chi connectivity index (χ1n) is 25.6. The molecule has 0 spiro atoms. The van der Waals surface area contributed by atoms with Crippen LogP contribution in [0.2, 0.25) is 0 Å². The molecule has 370 valence electrons. The quantitative estimate of drug-likeness (QED) is 0.0426. The zero-order valence-electron chi connectivity index (χ0n) is 40.4. The van der Waals surface area contributed by atoms with Gasteiger partial charge in [-0.25, -0.2) is 9.59 Å². The summed E-state index contributed by atoms with van der Waals surface area (Å²) < 4.78 is 32.2. The first-order chi connectivity index (χ1) is 32.8. The molecule has 2 aliphatic carbocycles. The summed E-state index contributed by atoms with van der Waals surface area (Å²) in [6, 6.07) is 14.4. The second kappa shape index (κ2) is 27.5. The number of ether oxygens (including phenoxy) is 5. The fraction of sp³-hybridized carbons (Fsp3) is 0.648. The standard InChI is InChI=1S/C54H79N3O10/c1-4-6-7-8-9-10-11-12-13-22-35-63-53(61)57(3)48-38-46(56-67-49-28-19-23-34-62-49)44-36-41(26-17-20-31-58)43(27-18-21-32-59)50-45-37-42(65-52(60)55-39-40-24-15-14-16-25-40)29-30-47(45)66-54(48,51(44)50)64-33-5-2/h5,14-16,24-25,29-30,36-37,41,43,48-51,58-59H,2,4,6-13,17-23,26-28,31-35,38-39H2,1,3H3,(H,55,60). The lowest BCUT2D eigenvalue weighted by Crippen LogP contribution is -2.69. The number of oxime groups is 1. The number of carbonyl (C=O) groups excluding carboxylic acids is 2. The number of rotatable bonds is 28. The number of unbranched alkanes of at least 4 members (excludes halogenated alkanes) is 11. The number of amides is 2. The van der Waals surface area contributed by atoms with Crippen molar-refractivity contribution in [2.45, 2.75) is 166 Å². The van der Waals surface area contributed by atoms with Crippen molar-refractivity contribution in [3.8, 4) is 11.5 Å². The van der Waals surface area contributed by atoms with Crippen molar-refractivity contribution in [3.05, 3.63) is 84.0 Å². The van der Waals surface area contributed by atoms with Crippen molar-refractivity contribution >= 4 is 17.9 Å². The van der Waals surface area contributed by atoms with Gasteiger partial charge in [0.1, 0.15) is 17.5 Å². The number of carbonyl (C=O) groups is 2. The summed E-state index contributed by atoms with van der Waals surface area (Å²) in [6.45, 7) is 7.79. The monoisotopic (exact) mass is 930 g/mol. The molecule has 0 radical (unpaired) electrons. The maximum Gasteiger partial charge on any atom is 0.412 e. The molecule has 2 aromatic rings. The molecular weight excluding hydrogens is 851 g/mol. The number of nitrogens with one attached hydrogen (secondary N) is 1. The molecule has 0 aromatic heterocycles. The number of allylic oxidation sites excluding steroid dienone is 1. The maximum absolute atomic E-state index is 14.3. The summed E-state index contributed by atoms with van der Waals surface area (Å²) in [5, 5.41) is 27.7. The summed E-state index contributed by atoms with van der Waals surface area (Å²) in [5.74, 6) is -1.25. The van der Waals surface area contributed by atoms with Crippen molar-refractivity contribution in [1.29, 1.82) is 0 Å². The molecular formula is C54H79N3O10. The SMILES string of the molecule is C=CCOC12Oc3ccc(OC(=O)NCc4ccccc4)cc3C3C(CCCCO)C(CCCCO)C=C(C(=NOC4CCCCO4)CC1N(C)C(=O)OCCCCCCCCCCCC)C32. The highest BCUT2D eigenvalue weighted by molar-refractivity contribution is 6.03. The van der Waals surface area contributed by atoms with E-state index in [2.05, 4.69) is 24.9 Å². The van der Waals surface area contributed by atoms with E-state index in [1.165, 1.54) is 44.9 Å². The lowest BCUT2D eigenvalue weighted by Gasteiger charge is -2.59. The number of aliphatic hydroxyl groups is 2. The maximum atomic E-state index is 14.3. The van der Waals surface area contributed by atoms with E-state index in [9.17, 15) is 19.8 Å². The number of hydrogen-bond donors (Lipinski definition) is 3. The number of nitrogens with zero attached hydrogens (tertiary/aromatic N) is 2. The van der Waals surface area contributed by atoms with Gasteiger partial charge in [0, 0.05) is 51.1 Å². The second-order valence-corrected chi connectivity index (χ2v) is 18.8. The van der Waals surface area contributed by atoms with Crippen LogP contribution in [0.1, 0.15) is 152 Å². The van der Waals surface area contributed by atoms with Gasteiger partial charge in [-0.1, -0.05) is 125 Å². The fourth-order valence-corrected chi connectivity index (χ4v) is 10.6. The number of benzene rings is 2. The van der Waals surface area contributed by atoms with E-state index in [0.717, 1.165) is 80.9 Å². The Bertz CT molecular complexity index is 1890. The topological polar surface area (TPSA) is 158 Å². The van der Waals surface area contributed by atoms with Crippen LogP contribution in [0.4, 0.5) is 9.59 Å². The van der Waals surface area contributed by atoms with Crippen molar-refractivity contribution in [2.24, 2.45) is 22.9 Å². The molecule has 2 heterocycles. The van der Waals surface area contributed by atoms with Gasteiger partial charge in [0.25, 0.3) is 0 Å². The van der Waals surface area contributed by atoms with Crippen LogP contribution in [-0.4, -0.2) is 91.2 Å². The minimum atomic E-state index is -1.43. The largest absolute Gasteiger partial charge is 0.459 e. The lowest BCUT2D eigenvalue weighted by molar-refractivity contribution is -0.254. The first-order valence-corrected chi connectivity index (χ1v) is 25.6. The average molecular weight is 930 g/mol. The number of fused-ring (bicyclic) bond motifs is 2. The summed E-state index contributed by atoms with van der Waals surface area (Å²) in [7, 11) is 1.75. The van der Waals surface area contributed by atoms with Crippen LogP contribution in [0.25, 0.3) is 0 Å². The summed E-state index contributed by atoms with van der Waals surface area (Å²) in [6.07, 6.45) is 21.6. The summed E-state index contributed by atoms with van der Waals surface area (Å²) in [4.78, 5) is 35.4. The molecule has 13 heteroatoms. The van der Waals surface area contributed by atoms with Gasteiger partial charge in [-0.3, -0.25) is 0 Å². The van der Waals surface area contributed by atoms with Crippen LogP contribution in [0.5, 0.6) is 11.5 Å². The molecule has 7 atom stereocenters. The second-order valence-electron chi connectivity index (χ2n) is 18.8. The molecule has 1 saturated carbocycles. The predicted molar refractivity (Wildman–Crippen MR) is 260 cm³/mol. The Balaban J connectivity index is 1.36. The van der Waals surface area contributed by atoms with E-state index in [0.29, 0.717) is 49.8 Å². The van der Waals surface area contributed by atoms with Crippen LogP contribution in [0, 0.1) is 17.8 Å². The van der Waals surface area contributed by atoms with Crippen molar-refractivity contribution in [1.82, 2.24) is 10.2 Å². The highest BCUT2D eigenvalue weighted by atomic mass is 16.8. The molecule has 3 N–H and O–H groups in total. The Morgan fingerprint density at radius 1 is 0.925 bits per heavy atom. The van der Waals surface area contributed by atoms with Crippen molar-refractivity contribution in [3.63, 3.8) is 0 Å². The Morgan fingerprint density at radius 2 is 1.66 bits per heavy atom. The van der Waals surface area contributed by atoms with Gasteiger partial charge in [-0.05, 0) is 86.1 Å². The molecule has 4 aliphatic rings. The summed E-state index contributed by atoms with van der Waals surface area (Å²) in [5.41, 5.74) is 3.40. The van der Waals surface area contributed by atoms with Crippen LogP contribution >= 0.6 is 0 Å². The van der Waals surface area contributed by atoms with Crippen molar-refractivity contribution in [2.75, 3.05) is 40.1 Å². The molecule has 6 rings (SSSR count). The Kier molecular flexibility index (Phi) is 21.4. The molecule has 1 saturated heterocycles. The van der Waals surface area contributed by atoms with Gasteiger partial charge < -0.3 is 49.0 Å². The minimum absolute atomic E-state index is 0.00620. The predicted octanol–water partition coefficient (Wildman–Crippen LogP) is 11.1. The zero-order valence-corrected chi connectivity index (χ0v) is 40.4. The molecule has 2 aromatic carbocycles. The van der Waals surface area contributed by atoms with Gasteiger partial charge in [-0.2, -0.15) is 0 Å². The molecule has 2 fully saturated rings. The third-order valence-electron chi connectivity index (χ3n) is 14.0. The van der Waals surface area contributed by atoms with E-state index >= 15 is 0 Å². The highest BCUT2D eigenvalue weighted by Crippen LogP contribution is 2.62. The minimum Gasteiger partial charge on any atom is -0.459 e. The van der Waals surface area contributed by atoms with E-state index in [-0.39, 0.29) is 44.0 Å². The lowest BCUT2D eigenvalue weighted by atomic mass is 9.55. The van der Waals surface area contributed by atoms with E-state index < -0.39 is 36.2 Å². The average Bonchev–Trinajstić information content (AvgIpc) is 3.35. The normalized spacial score (nSPS) is 24.7. The van der Waals surface area contributed by atoms with Crippen LogP contribution in [-0.2, 0) is 25.6 Å². The molecule has 2 amide bonds. The van der Waals surface area contributed by atoms with E-state index in [1.807, 2.05) is 42.5 Å². The van der Waals surface area contributed by atoms with Gasteiger partial charge in [0.15, 0.2) is 0 Å². The van der Waals surface area contributed by atoms with Gasteiger partial charge in [0.2, 0.25) is 12.1 Å². The summed E-state index contributed by atoms with van der Waals surface area (Å²) >= 11 is 0. The smallest absolute Gasteiger partial charge is 0.412 e. The zero-order chi connectivity index (χ0) is 47.3. The molecule has 2 aliphatic heterocycles. The molecule has 7 unspecified atom stereocenters. The Morgan fingerprint density at radius 3 is 2.36 bits per heavy atom. The van der Waals surface area contributed by atoms with Crippen LogP contribution in [0.3, 0.4) is 0 Å². The number of likely N-dealkylation sites (N-methyl/N-ethyl adjacent to an activating group) is 1. The van der Waals surface area contributed by atoms with Gasteiger partial charge in [-0.15, -0.1) is 6.58 Å². The Hall–Kier alpha value is -4.43. The van der Waals surface area contributed by atoms with E-state index in [4.69, 9.17) is 33.7 Å². The molecule has 67 heavy (non-hydrogen) atoms. The number of hydrogen-bond acceptors (Lipinski definition) is 11.